The van der Waals surface area contributed by atoms with Crippen LogP contribution in [0.15, 0.2) is 72.8 Å². The van der Waals surface area contributed by atoms with Gasteiger partial charge in [0.25, 0.3) is 0 Å². The predicted molar refractivity (Wildman–Crippen MR) is 119 cm³/mol. The van der Waals surface area contributed by atoms with Gasteiger partial charge in [0.2, 0.25) is 29.0 Å². The molecule has 1 spiro atoms. The van der Waals surface area contributed by atoms with Gasteiger partial charge in [0.05, 0.1) is 23.6 Å². The number of carbonyl (C=O) groups is 4. The molecule has 3 aliphatic rings. The van der Waals surface area contributed by atoms with Crippen molar-refractivity contribution in [2.45, 2.75) is 11.7 Å². The molecule has 0 bridgehead atoms. The molecule has 6 nitrogen and oxygen atoms in total. The summed E-state index contributed by atoms with van der Waals surface area (Å²) in [5, 5.41) is 0.440. The summed E-state index contributed by atoms with van der Waals surface area (Å²) in [5.74, 6) is -6.32. The van der Waals surface area contributed by atoms with E-state index in [2.05, 4.69) is 0 Å². The van der Waals surface area contributed by atoms with E-state index in [9.17, 15) is 23.6 Å². The monoisotopic (exact) mass is 475 g/mol. The molecule has 168 valence electrons. The molecule has 0 unspecified atom stereocenters. The van der Waals surface area contributed by atoms with Crippen LogP contribution in [0, 0.1) is 17.7 Å². The third kappa shape index (κ3) is 2.53. The number of ether oxygens (including phenoxy) is 1. The summed E-state index contributed by atoms with van der Waals surface area (Å²) in [5.41, 5.74) is -1.69. The van der Waals surface area contributed by atoms with E-state index in [4.69, 9.17) is 16.3 Å². The molecule has 8 heteroatoms. The summed E-state index contributed by atoms with van der Waals surface area (Å²) in [6.07, 6.45) is -1.09. The molecule has 34 heavy (non-hydrogen) atoms. The molecule has 2 heterocycles. The van der Waals surface area contributed by atoms with Crippen molar-refractivity contribution in [1.29, 1.82) is 0 Å². The fourth-order valence-corrected chi connectivity index (χ4v) is 5.47. The van der Waals surface area contributed by atoms with Crippen molar-refractivity contribution in [3.05, 3.63) is 100 Å². The zero-order chi connectivity index (χ0) is 23.8. The zero-order valence-corrected chi connectivity index (χ0v) is 18.2. The average Bonchev–Trinajstić information content (AvgIpc) is 3.40. The molecule has 0 aromatic heterocycles. The van der Waals surface area contributed by atoms with Crippen LogP contribution in [0.4, 0.5) is 10.1 Å². The lowest BCUT2D eigenvalue weighted by molar-refractivity contribution is -0.127. The van der Waals surface area contributed by atoms with Crippen LogP contribution in [-0.2, 0) is 14.3 Å². The Morgan fingerprint density at radius 3 is 2.00 bits per heavy atom. The zero-order valence-electron chi connectivity index (χ0n) is 17.4. The molecular formula is C26H15ClFNO5. The Bertz CT molecular complexity index is 1380. The number of carbonyl (C=O) groups excluding carboxylic acids is 4. The number of fused-ring (bicyclic) bond motifs is 3. The Labute approximate surface area is 197 Å². The van der Waals surface area contributed by atoms with Gasteiger partial charge in [-0.1, -0.05) is 60.1 Å². The fraction of sp³-hybridized carbons (Fsp3) is 0.154. The van der Waals surface area contributed by atoms with Crippen molar-refractivity contribution < 1.29 is 28.3 Å². The van der Waals surface area contributed by atoms with Crippen LogP contribution in [0.3, 0.4) is 0 Å². The maximum absolute atomic E-state index is 14.6. The first-order chi connectivity index (χ1) is 16.4. The highest BCUT2D eigenvalue weighted by Gasteiger charge is 2.74. The van der Waals surface area contributed by atoms with E-state index in [0.717, 1.165) is 11.0 Å². The number of rotatable bonds is 2. The quantitative estimate of drug-likeness (QED) is 0.410. The second-order valence-electron chi connectivity index (χ2n) is 8.50. The van der Waals surface area contributed by atoms with Crippen molar-refractivity contribution in [1.82, 2.24) is 0 Å². The van der Waals surface area contributed by atoms with Gasteiger partial charge in [-0.3, -0.25) is 19.2 Å². The summed E-state index contributed by atoms with van der Waals surface area (Å²) in [6.45, 7) is 0. The minimum absolute atomic E-state index is 0.132. The Balaban J connectivity index is 1.56. The fourth-order valence-electron chi connectivity index (χ4n) is 5.34. The lowest BCUT2D eigenvalue weighted by atomic mass is 9.77. The Morgan fingerprint density at radius 1 is 0.794 bits per heavy atom. The third-order valence-corrected chi connectivity index (χ3v) is 7.06. The number of hydrogen-bond donors (Lipinski definition) is 0. The molecule has 2 saturated heterocycles. The lowest BCUT2D eigenvalue weighted by Crippen LogP contribution is -2.51. The largest absolute Gasteiger partial charge is 0.349 e. The maximum atomic E-state index is 14.6. The lowest BCUT2D eigenvalue weighted by Gasteiger charge is -2.27. The Kier molecular flexibility index (Phi) is 4.40. The van der Waals surface area contributed by atoms with Crippen molar-refractivity contribution >= 4 is 40.7 Å². The molecule has 0 radical (unpaired) electrons. The molecule has 0 saturated carbocycles. The number of nitrogens with zero attached hydrogens (tertiary/aromatic N) is 1. The number of anilines is 1. The van der Waals surface area contributed by atoms with Crippen molar-refractivity contribution in [2.75, 3.05) is 4.90 Å². The van der Waals surface area contributed by atoms with Gasteiger partial charge in [-0.15, -0.1) is 0 Å². The molecular weight excluding hydrogens is 461 g/mol. The van der Waals surface area contributed by atoms with Crippen LogP contribution < -0.4 is 4.90 Å². The minimum atomic E-state index is -2.20. The van der Waals surface area contributed by atoms with Crippen LogP contribution >= 0.6 is 11.6 Å². The maximum Gasteiger partial charge on any atom is 0.241 e. The summed E-state index contributed by atoms with van der Waals surface area (Å²) < 4.78 is 20.8. The number of halogens is 2. The first-order valence-corrected chi connectivity index (χ1v) is 11.0. The summed E-state index contributed by atoms with van der Waals surface area (Å²) in [4.78, 5) is 55.4. The van der Waals surface area contributed by atoms with Gasteiger partial charge >= 0.3 is 0 Å². The van der Waals surface area contributed by atoms with E-state index < -0.39 is 52.7 Å². The van der Waals surface area contributed by atoms with E-state index in [1.807, 2.05) is 0 Å². The Morgan fingerprint density at radius 2 is 1.38 bits per heavy atom. The average molecular weight is 476 g/mol. The predicted octanol–water partition coefficient (Wildman–Crippen LogP) is 4.17. The first kappa shape index (κ1) is 20.9. The van der Waals surface area contributed by atoms with Crippen molar-refractivity contribution in [2.24, 2.45) is 11.8 Å². The van der Waals surface area contributed by atoms with Crippen molar-refractivity contribution in [3.63, 3.8) is 0 Å². The van der Waals surface area contributed by atoms with E-state index in [1.165, 1.54) is 30.3 Å². The molecule has 2 aliphatic heterocycles. The van der Waals surface area contributed by atoms with Gasteiger partial charge < -0.3 is 4.74 Å². The van der Waals surface area contributed by atoms with Gasteiger partial charge in [-0.05, 0) is 29.8 Å². The van der Waals surface area contributed by atoms with Crippen molar-refractivity contribution in [3.8, 4) is 0 Å². The van der Waals surface area contributed by atoms with E-state index in [0.29, 0.717) is 10.6 Å². The standard InChI is InChI=1S/C26H15ClFNO5/c27-14-11-9-13(10-12-14)21-19-20(25(33)29(24(19)32)18-8-4-3-7-17(18)28)26(34-21)22(30)15-5-1-2-6-16(15)23(26)31/h1-12,19-21H/t19-,20+,21-/m0/s1. The third-order valence-electron chi connectivity index (χ3n) is 6.81. The van der Waals surface area contributed by atoms with Gasteiger partial charge in [0.1, 0.15) is 5.82 Å². The molecule has 3 aromatic rings. The Hall–Kier alpha value is -3.68. The molecule has 3 aromatic carbocycles. The minimum Gasteiger partial charge on any atom is -0.349 e. The molecule has 6 rings (SSSR count). The number of amides is 2. The first-order valence-electron chi connectivity index (χ1n) is 10.6. The van der Waals surface area contributed by atoms with Gasteiger partial charge in [0, 0.05) is 16.1 Å². The van der Waals surface area contributed by atoms with E-state index in [-0.39, 0.29) is 16.8 Å². The smallest absolute Gasteiger partial charge is 0.241 e. The SMILES string of the molecule is O=C1[C@@H]2[C@H](c3ccc(Cl)cc3)OC3(C(=O)c4ccccc4C3=O)[C@H]2C(=O)N1c1ccccc1F. The topological polar surface area (TPSA) is 80.8 Å². The normalized spacial score (nSPS) is 24.8. The van der Waals surface area contributed by atoms with Gasteiger partial charge in [-0.25, -0.2) is 9.29 Å². The number of hydrogen-bond acceptors (Lipinski definition) is 5. The number of imide groups is 1. The van der Waals surface area contributed by atoms with Gasteiger partial charge in [-0.2, -0.15) is 0 Å². The van der Waals surface area contributed by atoms with Crippen LogP contribution in [0.5, 0.6) is 0 Å². The van der Waals surface area contributed by atoms with Crippen LogP contribution in [-0.4, -0.2) is 29.0 Å². The molecule has 2 amide bonds. The number of Topliss-reactive ketones (excluding diaryl/α,β-unsaturated/α-hetero) is 2. The van der Waals surface area contributed by atoms with E-state index >= 15 is 0 Å². The van der Waals surface area contributed by atoms with Crippen LogP contribution in [0.2, 0.25) is 5.02 Å². The van der Waals surface area contributed by atoms with E-state index in [1.54, 1.807) is 36.4 Å². The van der Waals surface area contributed by atoms with Gasteiger partial charge in [0.15, 0.2) is 0 Å². The highest BCUT2D eigenvalue weighted by Crippen LogP contribution is 2.57. The number of para-hydroxylation sites is 1. The molecule has 1 aliphatic carbocycles. The number of benzene rings is 3. The second-order valence-corrected chi connectivity index (χ2v) is 8.93. The summed E-state index contributed by atoms with van der Waals surface area (Å²) >= 11 is 6.01. The molecule has 3 atom stereocenters. The summed E-state index contributed by atoms with van der Waals surface area (Å²) in [6, 6.07) is 18.0. The molecule has 2 fully saturated rings. The highest BCUT2D eigenvalue weighted by molar-refractivity contribution is 6.37. The second kappa shape index (κ2) is 7.16. The highest BCUT2D eigenvalue weighted by atomic mass is 35.5. The molecule has 0 N–H and O–H groups in total. The van der Waals surface area contributed by atoms with Crippen LogP contribution in [0.25, 0.3) is 0 Å². The number of ketones is 2. The van der Waals surface area contributed by atoms with Crippen LogP contribution in [0.1, 0.15) is 32.4 Å². The summed E-state index contributed by atoms with van der Waals surface area (Å²) in [7, 11) is 0.